The van der Waals surface area contributed by atoms with E-state index in [9.17, 15) is 4.79 Å². The van der Waals surface area contributed by atoms with E-state index in [4.69, 9.17) is 9.47 Å². The van der Waals surface area contributed by atoms with Crippen LogP contribution in [0.15, 0.2) is 18.2 Å². The van der Waals surface area contributed by atoms with Gasteiger partial charge in [-0.25, -0.2) is 0 Å². The van der Waals surface area contributed by atoms with E-state index in [1.165, 1.54) is 0 Å². The standard InChI is InChI=1S/C15H22N2O3/c1-17(10-15(18)16-12-4-5-12)9-11-8-13(19-2)6-7-14(11)20-3/h6-8,12H,4-5,9-10H2,1-3H3,(H,16,18). The second-order valence-corrected chi connectivity index (χ2v) is 5.19. The molecule has 1 aliphatic rings. The topological polar surface area (TPSA) is 50.8 Å². The second kappa shape index (κ2) is 6.61. The molecule has 20 heavy (non-hydrogen) atoms. The van der Waals surface area contributed by atoms with Crippen LogP contribution in [0.2, 0.25) is 0 Å². The normalized spacial score (nSPS) is 14.2. The van der Waals surface area contributed by atoms with E-state index in [1.54, 1.807) is 14.2 Å². The maximum Gasteiger partial charge on any atom is 0.234 e. The van der Waals surface area contributed by atoms with Crippen LogP contribution in [0.5, 0.6) is 11.5 Å². The van der Waals surface area contributed by atoms with Crippen LogP contribution in [0.1, 0.15) is 18.4 Å². The molecule has 1 fully saturated rings. The fourth-order valence-electron chi connectivity index (χ4n) is 2.10. The number of hydrogen-bond acceptors (Lipinski definition) is 4. The Bertz CT molecular complexity index is 472. The van der Waals surface area contributed by atoms with Crippen LogP contribution in [0.3, 0.4) is 0 Å². The van der Waals surface area contributed by atoms with Gasteiger partial charge in [-0.05, 0) is 38.1 Å². The maximum atomic E-state index is 11.8. The number of benzene rings is 1. The molecule has 2 rings (SSSR count). The quantitative estimate of drug-likeness (QED) is 0.819. The second-order valence-electron chi connectivity index (χ2n) is 5.19. The lowest BCUT2D eigenvalue weighted by molar-refractivity contribution is -0.122. The lowest BCUT2D eigenvalue weighted by Gasteiger charge is -2.18. The molecule has 1 aromatic rings. The molecule has 0 heterocycles. The SMILES string of the molecule is COc1ccc(OC)c(CN(C)CC(=O)NC2CC2)c1. The van der Waals surface area contributed by atoms with Crippen molar-refractivity contribution in [2.45, 2.75) is 25.4 Å². The van der Waals surface area contributed by atoms with Crippen molar-refractivity contribution in [3.8, 4) is 11.5 Å². The van der Waals surface area contributed by atoms with Crippen molar-refractivity contribution in [2.24, 2.45) is 0 Å². The highest BCUT2D eigenvalue weighted by molar-refractivity contribution is 5.78. The van der Waals surface area contributed by atoms with Crippen molar-refractivity contribution < 1.29 is 14.3 Å². The van der Waals surface area contributed by atoms with Gasteiger partial charge in [0.25, 0.3) is 0 Å². The van der Waals surface area contributed by atoms with Gasteiger partial charge in [-0.2, -0.15) is 0 Å². The first-order valence-corrected chi connectivity index (χ1v) is 6.81. The van der Waals surface area contributed by atoms with Gasteiger partial charge in [0.15, 0.2) is 0 Å². The lowest BCUT2D eigenvalue weighted by atomic mass is 10.1. The first kappa shape index (κ1) is 14.7. The number of carbonyl (C=O) groups excluding carboxylic acids is 1. The number of carbonyl (C=O) groups is 1. The molecule has 5 heteroatoms. The third-order valence-electron chi connectivity index (χ3n) is 3.28. The molecule has 1 aliphatic carbocycles. The van der Waals surface area contributed by atoms with Crippen LogP contribution in [0, 0.1) is 0 Å². The summed E-state index contributed by atoms with van der Waals surface area (Å²) >= 11 is 0. The minimum atomic E-state index is 0.0804. The van der Waals surface area contributed by atoms with E-state index in [0.29, 0.717) is 19.1 Å². The van der Waals surface area contributed by atoms with Gasteiger partial charge < -0.3 is 14.8 Å². The first-order chi connectivity index (χ1) is 9.62. The molecule has 0 bridgehead atoms. The molecule has 1 N–H and O–H groups in total. The number of methoxy groups -OCH3 is 2. The van der Waals surface area contributed by atoms with E-state index >= 15 is 0 Å². The molecule has 1 aromatic carbocycles. The van der Waals surface area contributed by atoms with Crippen molar-refractivity contribution in [1.82, 2.24) is 10.2 Å². The zero-order chi connectivity index (χ0) is 14.5. The highest BCUT2D eigenvalue weighted by atomic mass is 16.5. The maximum absolute atomic E-state index is 11.8. The highest BCUT2D eigenvalue weighted by Gasteiger charge is 2.23. The van der Waals surface area contributed by atoms with Crippen LogP contribution in [0.4, 0.5) is 0 Å². The number of rotatable bonds is 7. The average molecular weight is 278 g/mol. The van der Waals surface area contributed by atoms with E-state index < -0.39 is 0 Å². The smallest absolute Gasteiger partial charge is 0.234 e. The molecule has 1 saturated carbocycles. The zero-order valence-corrected chi connectivity index (χ0v) is 12.3. The largest absolute Gasteiger partial charge is 0.497 e. The van der Waals surface area contributed by atoms with Crippen molar-refractivity contribution in [1.29, 1.82) is 0 Å². The molecule has 1 amide bonds. The van der Waals surface area contributed by atoms with Gasteiger partial charge in [0.1, 0.15) is 11.5 Å². The monoisotopic (exact) mass is 278 g/mol. The Hall–Kier alpha value is -1.75. The van der Waals surface area contributed by atoms with Crippen molar-refractivity contribution in [3.05, 3.63) is 23.8 Å². The van der Waals surface area contributed by atoms with Gasteiger partial charge >= 0.3 is 0 Å². The summed E-state index contributed by atoms with van der Waals surface area (Å²) < 4.78 is 10.6. The Morgan fingerprint density at radius 3 is 2.70 bits per heavy atom. The highest BCUT2D eigenvalue weighted by Crippen LogP contribution is 2.25. The summed E-state index contributed by atoms with van der Waals surface area (Å²) in [5.74, 6) is 1.67. The Kier molecular flexibility index (Phi) is 4.84. The summed E-state index contributed by atoms with van der Waals surface area (Å²) in [6.07, 6.45) is 2.22. The average Bonchev–Trinajstić information content (AvgIpc) is 3.22. The van der Waals surface area contributed by atoms with Crippen LogP contribution in [-0.2, 0) is 11.3 Å². The molecule has 0 atom stereocenters. The summed E-state index contributed by atoms with van der Waals surface area (Å²) in [7, 11) is 5.20. The van der Waals surface area contributed by atoms with Gasteiger partial charge in [0, 0.05) is 18.2 Å². The third kappa shape index (κ3) is 4.13. The molecule has 0 saturated heterocycles. The summed E-state index contributed by atoms with van der Waals surface area (Å²) in [5, 5.41) is 2.99. The van der Waals surface area contributed by atoms with E-state index in [-0.39, 0.29) is 5.91 Å². The molecule has 0 spiro atoms. The van der Waals surface area contributed by atoms with E-state index in [0.717, 1.165) is 29.9 Å². The number of hydrogen-bond donors (Lipinski definition) is 1. The van der Waals surface area contributed by atoms with Crippen molar-refractivity contribution >= 4 is 5.91 Å². The third-order valence-corrected chi connectivity index (χ3v) is 3.28. The minimum Gasteiger partial charge on any atom is -0.497 e. The Morgan fingerprint density at radius 2 is 2.10 bits per heavy atom. The number of likely N-dealkylation sites (N-methyl/N-ethyl adjacent to an activating group) is 1. The Morgan fingerprint density at radius 1 is 1.35 bits per heavy atom. The molecule has 0 aliphatic heterocycles. The summed E-state index contributed by atoms with van der Waals surface area (Å²) in [6, 6.07) is 6.09. The van der Waals surface area contributed by atoms with Gasteiger partial charge in [0.2, 0.25) is 5.91 Å². The van der Waals surface area contributed by atoms with Crippen LogP contribution < -0.4 is 14.8 Å². The summed E-state index contributed by atoms with van der Waals surface area (Å²) in [6.45, 7) is 1.02. The number of nitrogens with one attached hydrogen (secondary N) is 1. The van der Waals surface area contributed by atoms with Crippen LogP contribution in [-0.4, -0.2) is 44.7 Å². The predicted octanol–water partition coefficient (Wildman–Crippen LogP) is 1.41. The summed E-state index contributed by atoms with van der Waals surface area (Å²) in [5.41, 5.74) is 1.01. The molecule has 0 radical (unpaired) electrons. The number of amides is 1. The summed E-state index contributed by atoms with van der Waals surface area (Å²) in [4.78, 5) is 13.7. The van der Waals surface area contributed by atoms with Gasteiger partial charge in [-0.3, -0.25) is 9.69 Å². The lowest BCUT2D eigenvalue weighted by Crippen LogP contribution is -2.36. The molecule has 0 unspecified atom stereocenters. The fraction of sp³-hybridized carbons (Fsp3) is 0.533. The van der Waals surface area contributed by atoms with Gasteiger partial charge in [-0.15, -0.1) is 0 Å². The van der Waals surface area contributed by atoms with E-state index in [2.05, 4.69) is 5.32 Å². The molecular formula is C15H22N2O3. The molecule has 5 nitrogen and oxygen atoms in total. The fourth-order valence-corrected chi connectivity index (χ4v) is 2.10. The van der Waals surface area contributed by atoms with Crippen LogP contribution >= 0.6 is 0 Å². The zero-order valence-electron chi connectivity index (χ0n) is 12.3. The number of ether oxygens (including phenoxy) is 2. The van der Waals surface area contributed by atoms with Crippen molar-refractivity contribution in [3.63, 3.8) is 0 Å². The minimum absolute atomic E-state index is 0.0804. The molecular weight excluding hydrogens is 256 g/mol. The van der Waals surface area contributed by atoms with Crippen molar-refractivity contribution in [2.75, 3.05) is 27.8 Å². The molecule has 110 valence electrons. The number of nitrogens with zero attached hydrogens (tertiary/aromatic N) is 1. The van der Waals surface area contributed by atoms with Crippen LogP contribution in [0.25, 0.3) is 0 Å². The first-order valence-electron chi connectivity index (χ1n) is 6.81. The van der Waals surface area contributed by atoms with Gasteiger partial charge in [0.05, 0.1) is 20.8 Å². The van der Waals surface area contributed by atoms with Gasteiger partial charge in [-0.1, -0.05) is 0 Å². The Labute approximate surface area is 119 Å². The predicted molar refractivity (Wildman–Crippen MR) is 77.0 cm³/mol. The van der Waals surface area contributed by atoms with E-state index in [1.807, 2.05) is 30.1 Å². The Balaban J connectivity index is 1.94. The molecule has 0 aromatic heterocycles.